The summed E-state index contributed by atoms with van der Waals surface area (Å²) in [5.74, 6) is -0.384. The van der Waals surface area contributed by atoms with Crippen LogP contribution >= 0.6 is 23.8 Å². The molecule has 0 saturated carbocycles. The SMILES string of the molecule is CCOCCOc1cccc(C(=O)NC(=S)NNC(=O)c2ccccc2Cl)c1. The molecule has 0 unspecified atom stereocenters. The van der Waals surface area contributed by atoms with Gasteiger partial charge in [-0.1, -0.05) is 29.8 Å². The largest absolute Gasteiger partial charge is 0.491 e. The van der Waals surface area contributed by atoms with Crippen LogP contribution in [-0.2, 0) is 4.74 Å². The highest BCUT2D eigenvalue weighted by atomic mass is 35.5. The molecule has 0 saturated heterocycles. The second-order valence-electron chi connectivity index (χ2n) is 5.42. The average molecular weight is 422 g/mol. The van der Waals surface area contributed by atoms with Crippen LogP contribution in [0.3, 0.4) is 0 Å². The van der Waals surface area contributed by atoms with Gasteiger partial charge in [0.25, 0.3) is 11.8 Å². The molecule has 0 radical (unpaired) electrons. The van der Waals surface area contributed by atoms with E-state index < -0.39 is 11.8 Å². The number of halogens is 1. The number of rotatable bonds is 7. The molecule has 0 aliphatic rings. The molecular formula is C19H20ClN3O4S. The van der Waals surface area contributed by atoms with Gasteiger partial charge in [0.2, 0.25) is 0 Å². The van der Waals surface area contributed by atoms with Crippen LogP contribution in [0.1, 0.15) is 27.6 Å². The van der Waals surface area contributed by atoms with E-state index in [1.165, 1.54) is 0 Å². The summed E-state index contributed by atoms with van der Waals surface area (Å²) in [6, 6.07) is 13.2. The maximum Gasteiger partial charge on any atom is 0.271 e. The van der Waals surface area contributed by atoms with Crippen LogP contribution in [0.5, 0.6) is 5.75 Å². The number of nitrogens with one attached hydrogen (secondary N) is 3. The zero-order chi connectivity index (χ0) is 20.4. The lowest BCUT2D eigenvalue weighted by Crippen LogP contribution is -2.48. The zero-order valence-electron chi connectivity index (χ0n) is 15.2. The zero-order valence-corrected chi connectivity index (χ0v) is 16.7. The summed E-state index contributed by atoms with van der Waals surface area (Å²) in [7, 11) is 0. The van der Waals surface area contributed by atoms with Gasteiger partial charge in [-0.3, -0.25) is 25.8 Å². The molecule has 0 fully saturated rings. The Morgan fingerprint density at radius 2 is 1.82 bits per heavy atom. The molecule has 2 rings (SSSR count). The van der Waals surface area contributed by atoms with Gasteiger partial charge in [-0.05, 0) is 49.5 Å². The van der Waals surface area contributed by atoms with E-state index in [0.717, 1.165) is 0 Å². The number of benzene rings is 2. The van der Waals surface area contributed by atoms with Gasteiger partial charge in [0.1, 0.15) is 12.4 Å². The molecule has 0 heterocycles. The predicted octanol–water partition coefficient (Wildman–Crippen LogP) is 2.70. The lowest BCUT2D eigenvalue weighted by molar-refractivity contribution is 0.0934. The molecule has 0 spiro atoms. The minimum absolute atomic E-state index is 0.0620. The van der Waals surface area contributed by atoms with Gasteiger partial charge in [0.15, 0.2) is 5.11 Å². The Morgan fingerprint density at radius 1 is 1.04 bits per heavy atom. The molecular weight excluding hydrogens is 402 g/mol. The molecule has 2 aromatic rings. The molecule has 0 aromatic heterocycles. The molecule has 0 bridgehead atoms. The molecule has 3 N–H and O–H groups in total. The lowest BCUT2D eigenvalue weighted by atomic mass is 10.2. The third-order valence-corrected chi connectivity index (χ3v) is 3.97. The van der Waals surface area contributed by atoms with Crippen molar-refractivity contribution in [1.29, 1.82) is 0 Å². The molecule has 0 atom stereocenters. The number of hydrogen-bond acceptors (Lipinski definition) is 5. The van der Waals surface area contributed by atoms with Gasteiger partial charge in [-0.25, -0.2) is 0 Å². The number of amides is 2. The van der Waals surface area contributed by atoms with Crippen LogP contribution in [0.15, 0.2) is 48.5 Å². The Morgan fingerprint density at radius 3 is 2.57 bits per heavy atom. The highest BCUT2D eigenvalue weighted by Crippen LogP contribution is 2.14. The van der Waals surface area contributed by atoms with Gasteiger partial charge in [0.05, 0.1) is 17.2 Å². The summed E-state index contributed by atoms with van der Waals surface area (Å²) < 4.78 is 10.7. The summed E-state index contributed by atoms with van der Waals surface area (Å²) >= 11 is 11.0. The third kappa shape index (κ3) is 6.80. The van der Waals surface area contributed by atoms with Crippen molar-refractivity contribution in [3.05, 3.63) is 64.7 Å². The van der Waals surface area contributed by atoms with Gasteiger partial charge >= 0.3 is 0 Å². The van der Waals surface area contributed by atoms with Gasteiger partial charge in [-0.15, -0.1) is 0 Å². The number of carbonyl (C=O) groups excluding carboxylic acids is 2. The molecule has 28 heavy (non-hydrogen) atoms. The van der Waals surface area contributed by atoms with Gasteiger partial charge < -0.3 is 9.47 Å². The van der Waals surface area contributed by atoms with E-state index in [1.54, 1.807) is 48.5 Å². The minimum atomic E-state index is -0.480. The molecule has 7 nitrogen and oxygen atoms in total. The number of carbonyl (C=O) groups is 2. The monoisotopic (exact) mass is 421 g/mol. The molecule has 0 aliphatic heterocycles. The Hall–Kier alpha value is -2.68. The number of thiocarbonyl (C=S) groups is 1. The van der Waals surface area contributed by atoms with Crippen molar-refractivity contribution >= 4 is 40.7 Å². The van der Waals surface area contributed by atoms with Crippen LogP contribution < -0.4 is 20.9 Å². The fourth-order valence-corrected chi connectivity index (χ4v) is 2.49. The fraction of sp³-hybridized carbons (Fsp3) is 0.211. The van der Waals surface area contributed by atoms with Crippen molar-refractivity contribution in [3.63, 3.8) is 0 Å². The summed E-state index contributed by atoms with van der Waals surface area (Å²) in [6.45, 7) is 3.36. The minimum Gasteiger partial charge on any atom is -0.491 e. The van der Waals surface area contributed by atoms with Crippen LogP contribution in [0, 0.1) is 0 Å². The van der Waals surface area contributed by atoms with Gasteiger partial charge in [-0.2, -0.15) is 0 Å². The third-order valence-electron chi connectivity index (χ3n) is 3.43. The standard InChI is InChI=1S/C19H20ClN3O4S/c1-2-26-10-11-27-14-7-5-6-13(12-14)17(24)21-19(28)23-22-18(25)15-8-3-4-9-16(15)20/h3-9,12H,2,10-11H2,1H3,(H,22,25)(H2,21,23,24,28). The van der Waals surface area contributed by atoms with Crippen LogP contribution in [0.4, 0.5) is 0 Å². The van der Waals surface area contributed by atoms with E-state index in [0.29, 0.717) is 36.2 Å². The molecule has 0 aliphatic carbocycles. The number of hydrogen-bond donors (Lipinski definition) is 3. The fourth-order valence-electron chi connectivity index (χ4n) is 2.12. The van der Waals surface area contributed by atoms with E-state index in [4.69, 9.17) is 33.3 Å². The topological polar surface area (TPSA) is 88.7 Å². The predicted molar refractivity (Wildman–Crippen MR) is 111 cm³/mol. The first kappa shape index (κ1) is 21.6. The van der Waals surface area contributed by atoms with Crippen molar-refractivity contribution in [2.45, 2.75) is 6.92 Å². The molecule has 148 valence electrons. The molecule has 2 amide bonds. The van der Waals surface area contributed by atoms with Crippen molar-refractivity contribution in [2.75, 3.05) is 19.8 Å². The Bertz CT molecular complexity index is 847. The molecule has 9 heteroatoms. The van der Waals surface area contributed by atoms with Gasteiger partial charge in [0, 0.05) is 12.2 Å². The van der Waals surface area contributed by atoms with Crippen LogP contribution in [0.25, 0.3) is 0 Å². The Kier molecular flexibility index (Phi) is 8.67. The number of hydrazine groups is 1. The Balaban J connectivity index is 1.84. The quantitative estimate of drug-likeness (QED) is 0.362. The molecule has 2 aromatic carbocycles. The van der Waals surface area contributed by atoms with Crippen molar-refractivity contribution < 1.29 is 19.1 Å². The smallest absolute Gasteiger partial charge is 0.271 e. The highest BCUT2D eigenvalue weighted by Gasteiger charge is 2.12. The van der Waals surface area contributed by atoms with E-state index in [9.17, 15) is 9.59 Å². The Labute approximate surface area is 173 Å². The number of ether oxygens (including phenoxy) is 2. The van der Waals surface area contributed by atoms with E-state index >= 15 is 0 Å². The van der Waals surface area contributed by atoms with E-state index in [2.05, 4.69) is 16.2 Å². The summed E-state index contributed by atoms with van der Waals surface area (Å²) in [6.07, 6.45) is 0. The van der Waals surface area contributed by atoms with Crippen LogP contribution in [0.2, 0.25) is 5.02 Å². The van der Waals surface area contributed by atoms with E-state index in [-0.39, 0.29) is 10.7 Å². The summed E-state index contributed by atoms with van der Waals surface area (Å²) in [4.78, 5) is 24.4. The van der Waals surface area contributed by atoms with Crippen molar-refractivity contribution in [1.82, 2.24) is 16.2 Å². The van der Waals surface area contributed by atoms with Crippen molar-refractivity contribution in [2.24, 2.45) is 0 Å². The first-order valence-electron chi connectivity index (χ1n) is 8.48. The average Bonchev–Trinajstić information content (AvgIpc) is 2.70. The first-order chi connectivity index (χ1) is 13.5. The normalized spacial score (nSPS) is 10.1. The second kappa shape index (κ2) is 11.2. The first-order valence-corrected chi connectivity index (χ1v) is 9.26. The second-order valence-corrected chi connectivity index (χ2v) is 6.23. The highest BCUT2D eigenvalue weighted by molar-refractivity contribution is 7.80. The van der Waals surface area contributed by atoms with E-state index in [1.807, 2.05) is 6.92 Å². The van der Waals surface area contributed by atoms with Crippen LogP contribution in [-0.4, -0.2) is 36.7 Å². The summed E-state index contributed by atoms with van der Waals surface area (Å²) in [5.41, 5.74) is 5.48. The van der Waals surface area contributed by atoms with Crippen molar-refractivity contribution in [3.8, 4) is 5.75 Å². The lowest BCUT2D eigenvalue weighted by Gasteiger charge is -2.12. The maximum atomic E-state index is 12.3. The maximum absolute atomic E-state index is 12.3. The summed E-state index contributed by atoms with van der Waals surface area (Å²) in [5, 5.41) is 2.72.